The molecule has 0 unspecified atom stereocenters. The van der Waals surface area contributed by atoms with E-state index in [2.05, 4.69) is 9.82 Å². The Balaban J connectivity index is 3.12. The highest BCUT2D eigenvalue weighted by Crippen LogP contribution is 2.16. The third kappa shape index (κ3) is 2.79. The Morgan fingerprint density at radius 2 is 2.17 bits per heavy atom. The van der Waals surface area contributed by atoms with Crippen molar-refractivity contribution in [1.29, 1.82) is 5.41 Å². The Morgan fingerprint density at radius 1 is 1.61 bits per heavy atom. The van der Waals surface area contributed by atoms with Crippen LogP contribution >= 0.6 is 0 Å². The molecule has 0 radical (unpaired) electrons. The van der Waals surface area contributed by atoms with E-state index in [-0.39, 0.29) is 23.3 Å². The Kier molecular flexibility index (Phi) is 3.97. The van der Waals surface area contributed by atoms with Gasteiger partial charge in [0, 0.05) is 20.1 Å². The van der Waals surface area contributed by atoms with E-state index in [1.165, 1.54) is 22.2 Å². The van der Waals surface area contributed by atoms with Gasteiger partial charge in [0.15, 0.2) is 0 Å². The summed E-state index contributed by atoms with van der Waals surface area (Å²) in [4.78, 5) is 0. The zero-order valence-electron chi connectivity index (χ0n) is 10.8. The summed E-state index contributed by atoms with van der Waals surface area (Å²) in [6.07, 6.45) is 1.34. The summed E-state index contributed by atoms with van der Waals surface area (Å²) in [5.41, 5.74) is 5.61. The smallest absolute Gasteiger partial charge is 0.302 e. The molecule has 1 aromatic rings. The van der Waals surface area contributed by atoms with Crippen molar-refractivity contribution in [2.24, 2.45) is 12.8 Å². The van der Waals surface area contributed by atoms with Crippen molar-refractivity contribution in [3.63, 3.8) is 0 Å². The molecular weight excluding hydrogens is 256 g/mol. The molecule has 0 bridgehead atoms. The third-order valence-electron chi connectivity index (χ3n) is 2.56. The molecule has 0 fully saturated rings. The number of hydrogen-bond donors (Lipinski definition) is 3. The van der Waals surface area contributed by atoms with Gasteiger partial charge in [0.2, 0.25) is 0 Å². The molecule has 1 aromatic heterocycles. The molecule has 18 heavy (non-hydrogen) atoms. The van der Waals surface area contributed by atoms with Crippen LogP contribution in [-0.2, 0) is 17.3 Å². The van der Waals surface area contributed by atoms with E-state index >= 15 is 0 Å². The van der Waals surface area contributed by atoms with Crippen molar-refractivity contribution in [1.82, 2.24) is 14.1 Å². The van der Waals surface area contributed by atoms with Crippen LogP contribution in [0.25, 0.3) is 0 Å². The molecule has 4 N–H and O–H groups in total. The number of aryl methyl sites for hydroxylation is 1. The third-order valence-corrected chi connectivity index (χ3v) is 4.19. The molecule has 0 aliphatic carbocycles. The molecule has 0 saturated carbocycles. The quantitative estimate of drug-likeness (QED) is 0.504. The lowest BCUT2D eigenvalue weighted by atomic mass is 10.3. The van der Waals surface area contributed by atoms with Crippen molar-refractivity contribution in [2.45, 2.75) is 19.9 Å². The zero-order chi connectivity index (χ0) is 14.1. The number of anilines is 1. The van der Waals surface area contributed by atoms with Gasteiger partial charge in [0.05, 0.1) is 11.8 Å². The molecule has 9 heteroatoms. The Hall–Kier alpha value is -1.61. The van der Waals surface area contributed by atoms with Gasteiger partial charge in [-0.2, -0.15) is 17.8 Å². The summed E-state index contributed by atoms with van der Waals surface area (Å²) >= 11 is 0. The lowest BCUT2D eigenvalue weighted by molar-refractivity contribution is 0.414. The Labute approximate surface area is 106 Å². The fourth-order valence-corrected chi connectivity index (χ4v) is 2.41. The molecule has 0 atom stereocenters. The molecule has 0 saturated heterocycles. The van der Waals surface area contributed by atoms with Crippen LogP contribution in [0, 0.1) is 5.41 Å². The van der Waals surface area contributed by atoms with Crippen LogP contribution in [0.1, 0.15) is 19.4 Å². The van der Waals surface area contributed by atoms with Crippen molar-refractivity contribution >= 4 is 21.9 Å². The number of nitrogen functional groups attached to an aromatic ring is 1. The summed E-state index contributed by atoms with van der Waals surface area (Å²) in [5.74, 6) is -0.0667. The highest BCUT2D eigenvalue weighted by molar-refractivity contribution is 7.90. The van der Waals surface area contributed by atoms with Crippen molar-refractivity contribution in [3.8, 4) is 0 Å². The summed E-state index contributed by atoms with van der Waals surface area (Å²) in [6.45, 7) is 3.52. The summed E-state index contributed by atoms with van der Waals surface area (Å²) in [5, 5.41) is 11.2. The molecule has 0 spiro atoms. The molecule has 0 aliphatic heterocycles. The first-order chi connectivity index (χ1) is 8.16. The monoisotopic (exact) mass is 274 g/mol. The SMILES string of the molecule is CC(C)N(C)S(=O)(=O)Nc1c(C(=N)N)cnn1C. The van der Waals surface area contributed by atoms with Crippen LogP contribution in [0.3, 0.4) is 0 Å². The second-order valence-electron chi connectivity index (χ2n) is 4.16. The van der Waals surface area contributed by atoms with Gasteiger partial charge in [-0.05, 0) is 13.8 Å². The topological polar surface area (TPSA) is 117 Å². The maximum atomic E-state index is 12.0. The van der Waals surface area contributed by atoms with Crippen LogP contribution in [0.4, 0.5) is 5.82 Å². The molecule has 0 aromatic carbocycles. The molecule has 0 aliphatic rings. The molecule has 0 amide bonds. The van der Waals surface area contributed by atoms with Crippen LogP contribution in [0.15, 0.2) is 6.20 Å². The maximum absolute atomic E-state index is 12.0. The minimum absolute atomic E-state index is 0.176. The number of rotatable bonds is 5. The van der Waals surface area contributed by atoms with Gasteiger partial charge in [0.1, 0.15) is 11.7 Å². The second-order valence-corrected chi connectivity index (χ2v) is 5.89. The van der Waals surface area contributed by atoms with Gasteiger partial charge in [-0.25, -0.2) is 0 Å². The van der Waals surface area contributed by atoms with Crippen molar-refractivity contribution in [2.75, 3.05) is 11.8 Å². The summed E-state index contributed by atoms with van der Waals surface area (Å²) in [7, 11) is -0.653. The number of nitrogens with two attached hydrogens (primary N) is 1. The standard InChI is InChI=1S/C9H18N6O2S/c1-6(2)15(4)18(16,17)13-9-7(8(10)11)5-12-14(9)3/h5-6,13H,1-4H3,(H3,10,11). The highest BCUT2D eigenvalue weighted by atomic mass is 32.2. The van der Waals surface area contributed by atoms with Crippen LogP contribution in [0.2, 0.25) is 0 Å². The Bertz CT molecular complexity index is 547. The largest absolute Gasteiger partial charge is 0.384 e. The highest BCUT2D eigenvalue weighted by Gasteiger charge is 2.23. The van der Waals surface area contributed by atoms with Crippen LogP contribution in [-0.4, -0.2) is 41.4 Å². The average molecular weight is 274 g/mol. The Morgan fingerprint density at radius 3 is 2.61 bits per heavy atom. The van der Waals surface area contributed by atoms with Crippen LogP contribution in [0.5, 0.6) is 0 Å². The minimum atomic E-state index is -3.69. The van der Waals surface area contributed by atoms with E-state index in [0.29, 0.717) is 0 Å². The van der Waals surface area contributed by atoms with E-state index in [4.69, 9.17) is 11.1 Å². The molecule has 8 nitrogen and oxygen atoms in total. The average Bonchev–Trinajstić information content (AvgIpc) is 2.58. The first-order valence-corrected chi connectivity index (χ1v) is 6.73. The van der Waals surface area contributed by atoms with Crippen LogP contribution < -0.4 is 10.5 Å². The van der Waals surface area contributed by atoms with Gasteiger partial charge in [-0.1, -0.05) is 0 Å². The number of amidine groups is 1. The van der Waals surface area contributed by atoms with E-state index in [0.717, 1.165) is 0 Å². The van der Waals surface area contributed by atoms with E-state index in [1.54, 1.807) is 20.9 Å². The molecule has 102 valence electrons. The minimum Gasteiger partial charge on any atom is -0.384 e. The number of nitrogens with one attached hydrogen (secondary N) is 2. The van der Waals surface area contributed by atoms with Crippen molar-refractivity contribution < 1.29 is 8.42 Å². The first-order valence-electron chi connectivity index (χ1n) is 5.29. The van der Waals surface area contributed by atoms with E-state index in [1.807, 2.05) is 0 Å². The molecule has 1 heterocycles. The lowest BCUT2D eigenvalue weighted by Crippen LogP contribution is -2.38. The number of hydrogen-bond acceptors (Lipinski definition) is 4. The van der Waals surface area contributed by atoms with Gasteiger partial charge in [0.25, 0.3) is 0 Å². The van der Waals surface area contributed by atoms with Crippen molar-refractivity contribution in [3.05, 3.63) is 11.8 Å². The second kappa shape index (κ2) is 4.94. The fraction of sp³-hybridized carbons (Fsp3) is 0.556. The van der Waals surface area contributed by atoms with Gasteiger partial charge in [-0.3, -0.25) is 14.8 Å². The number of nitrogens with zero attached hydrogens (tertiary/aromatic N) is 3. The first kappa shape index (κ1) is 14.5. The normalized spacial score (nSPS) is 12.1. The lowest BCUT2D eigenvalue weighted by Gasteiger charge is -2.22. The van der Waals surface area contributed by atoms with Gasteiger partial charge in [-0.15, -0.1) is 0 Å². The number of aromatic nitrogens is 2. The summed E-state index contributed by atoms with van der Waals surface area (Å²) < 4.78 is 28.9. The fourth-order valence-electron chi connectivity index (χ4n) is 1.23. The van der Waals surface area contributed by atoms with E-state index < -0.39 is 10.2 Å². The van der Waals surface area contributed by atoms with E-state index in [9.17, 15) is 8.42 Å². The summed E-state index contributed by atoms with van der Waals surface area (Å²) in [6, 6.07) is -0.184. The van der Waals surface area contributed by atoms with Gasteiger partial charge < -0.3 is 5.73 Å². The van der Waals surface area contributed by atoms with Gasteiger partial charge >= 0.3 is 10.2 Å². The predicted octanol–water partition coefficient (Wildman–Crippen LogP) is -0.299. The predicted molar refractivity (Wildman–Crippen MR) is 69.7 cm³/mol. The molecular formula is C9H18N6O2S. The zero-order valence-corrected chi connectivity index (χ0v) is 11.6. The maximum Gasteiger partial charge on any atom is 0.302 e. The molecule has 1 rings (SSSR count).